The summed E-state index contributed by atoms with van der Waals surface area (Å²) in [6.07, 6.45) is 8.38. The van der Waals surface area contributed by atoms with Crippen LogP contribution in [0.2, 0.25) is 0 Å². The molecule has 4 heteroatoms. The van der Waals surface area contributed by atoms with Crippen molar-refractivity contribution < 1.29 is 33.9 Å². The van der Waals surface area contributed by atoms with Gasteiger partial charge in [-0.15, -0.1) is 0 Å². The van der Waals surface area contributed by atoms with Crippen LogP contribution in [-0.4, -0.2) is 20.4 Å². The quantitative estimate of drug-likeness (QED) is 0.326. The maximum atomic E-state index is 7.75. The molecular formula is C13H24O3Ru. The first-order valence-electron chi connectivity index (χ1n) is 5.27. The average Bonchev–Trinajstić information content (AvgIpc) is 2.36. The Bertz CT molecular complexity index is 95.9. The Balaban J connectivity index is -0.0000000594. The van der Waals surface area contributed by atoms with Crippen molar-refractivity contribution in [1.82, 2.24) is 0 Å². The van der Waals surface area contributed by atoms with Gasteiger partial charge in [0.1, 0.15) is 0 Å². The Morgan fingerprint density at radius 2 is 1.12 bits per heavy atom. The smallest absolute Gasteiger partial charge is 0.545 e. The molecule has 0 unspecified atom stereocenters. The molecule has 0 aliphatic rings. The van der Waals surface area contributed by atoms with Gasteiger partial charge >= 0.3 is 19.5 Å². The van der Waals surface area contributed by atoms with Crippen LogP contribution in [0.15, 0.2) is 0 Å². The van der Waals surface area contributed by atoms with Gasteiger partial charge in [0.2, 0.25) is 0 Å². The van der Waals surface area contributed by atoms with E-state index < -0.39 is 0 Å². The van der Waals surface area contributed by atoms with Gasteiger partial charge in [0.15, 0.2) is 0 Å². The van der Waals surface area contributed by atoms with Gasteiger partial charge < -0.3 is 20.3 Å². The summed E-state index contributed by atoms with van der Waals surface area (Å²) in [7, 11) is 0. The molecule has 0 heterocycles. The van der Waals surface area contributed by atoms with Crippen LogP contribution in [0.4, 0.5) is 0 Å². The number of carbonyl (C=O) groups excluding carboxylic acids is 3. The molecule has 0 radical (unpaired) electrons. The minimum absolute atomic E-state index is 0. The van der Waals surface area contributed by atoms with Crippen molar-refractivity contribution in [1.29, 1.82) is 0 Å². The van der Waals surface area contributed by atoms with E-state index >= 15 is 0 Å². The largest absolute Gasteiger partial charge is 4.00 e. The molecule has 0 aliphatic heterocycles. The van der Waals surface area contributed by atoms with Gasteiger partial charge in [0.25, 0.3) is 0 Å². The summed E-state index contributed by atoms with van der Waals surface area (Å²) in [5.74, 6) is 1.58. The van der Waals surface area contributed by atoms with Gasteiger partial charge in [0, 0.05) is 0 Å². The maximum Gasteiger partial charge on any atom is 4.00 e. The second-order valence-corrected chi connectivity index (χ2v) is 3.37. The van der Waals surface area contributed by atoms with Gasteiger partial charge in [-0.25, -0.2) is 0 Å². The minimum atomic E-state index is 0. The SMILES string of the molecule is CCCCCCC[C-](C)C.[CH-]=O.[CH-]=O.[CH-]=O.[Ru+4]. The topological polar surface area (TPSA) is 51.2 Å². The first-order chi connectivity index (χ1) is 7.77. The van der Waals surface area contributed by atoms with Crippen LogP contribution in [0.3, 0.4) is 0 Å². The monoisotopic (exact) mass is 330 g/mol. The molecular weight excluding hydrogens is 305 g/mol. The molecule has 0 aliphatic carbocycles. The normalized spacial score (nSPS) is 7.06. The fraction of sp³-hybridized carbons (Fsp3) is 0.692. The number of hydrogen-bond donors (Lipinski definition) is 0. The third-order valence-corrected chi connectivity index (χ3v) is 1.78. The molecule has 0 rings (SSSR count). The van der Waals surface area contributed by atoms with Crippen LogP contribution >= 0.6 is 0 Å². The average molecular weight is 329 g/mol. The second kappa shape index (κ2) is 44.9. The Kier molecular flexibility index (Phi) is 79.4. The standard InChI is InChI=1S/C10H21.3CHO.Ru/c1-4-5-6-7-8-9-10(2)3;3*1-2;/h4-9H2,1-3H3;3*1H;/q4*-1;+4. The predicted octanol–water partition coefficient (Wildman–Crippen LogP) is 3.14. The van der Waals surface area contributed by atoms with E-state index in [1.807, 2.05) is 0 Å². The van der Waals surface area contributed by atoms with E-state index in [0.717, 1.165) is 0 Å². The Hall–Kier alpha value is -0.367. The van der Waals surface area contributed by atoms with Crippen molar-refractivity contribution in [3.8, 4) is 0 Å². The molecule has 0 spiro atoms. The number of unbranched alkanes of at least 4 members (excludes halogenated alkanes) is 4. The molecule has 0 amide bonds. The third-order valence-electron chi connectivity index (χ3n) is 1.78. The van der Waals surface area contributed by atoms with Crippen LogP contribution in [0.25, 0.3) is 0 Å². The van der Waals surface area contributed by atoms with Crippen LogP contribution in [0, 0.1) is 5.92 Å². The fourth-order valence-corrected chi connectivity index (χ4v) is 1.08. The summed E-state index contributed by atoms with van der Waals surface area (Å²) in [4.78, 5) is 23.2. The van der Waals surface area contributed by atoms with E-state index in [0.29, 0.717) is 0 Å². The van der Waals surface area contributed by atoms with Crippen LogP contribution in [0.1, 0.15) is 59.3 Å². The number of hydrogen-bond acceptors (Lipinski definition) is 3. The fourth-order valence-electron chi connectivity index (χ4n) is 1.08. The van der Waals surface area contributed by atoms with E-state index in [2.05, 4.69) is 41.1 Å². The van der Waals surface area contributed by atoms with Crippen LogP contribution in [-0.2, 0) is 33.9 Å². The van der Waals surface area contributed by atoms with Crippen molar-refractivity contribution >= 4 is 20.4 Å². The molecule has 0 N–H and O–H groups in total. The molecule has 0 aromatic rings. The Labute approximate surface area is 120 Å². The number of rotatable bonds is 6. The van der Waals surface area contributed by atoms with Crippen molar-refractivity contribution in [3.05, 3.63) is 5.92 Å². The summed E-state index contributed by atoms with van der Waals surface area (Å²) in [5.41, 5.74) is 0. The van der Waals surface area contributed by atoms with Crippen molar-refractivity contribution in [2.45, 2.75) is 59.3 Å². The van der Waals surface area contributed by atoms with E-state index in [1.165, 1.54) is 38.5 Å². The Morgan fingerprint density at radius 1 is 0.765 bits per heavy atom. The molecule has 0 fully saturated rings. The van der Waals surface area contributed by atoms with Crippen molar-refractivity contribution in [2.24, 2.45) is 0 Å². The summed E-state index contributed by atoms with van der Waals surface area (Å²) in [6.45, 7) is 16.5. The molecule has 102 valence electrons. The Morgan fingerprint density at radius 3 is 1.41 bits per heavy atom. The minimum Gasteiger partial charge on any atom is -0.545 e. The zero-order valence-electron chi connectivity index (χ0n) is 11.1. The summed E-state index contributed by atoms with van der Waals surface area (Å²) < 4.78 is 0. The maximum absolute atomic E-state index is 7.75. The third kappa shape index (κ3) is 66.0. The van der Waals surface area contributed by atoms with Crippen molar-refractivity contribution in [3.63, 3.8) is 0 Å². The molecule has 0 aromatic heterocycles. The molecule has 3 nitrogen and oxygen atoms in total. The second-order valence-electron chi connectivity index (χ2n) is 3.37. The van der Waals surface area contributed by atoms with E-state index in [4.69, 9.17) is 14.4 Å². The van der Waals surface area contributed by atoms with Crippen LogP contribution in [0.5, 0.6) is 0 Å². The molecule has 0 saturated carbocycles. The van der Waals surface area contributed by atoms with Gasteiger partial charge in [-0.3, -0.25) is 20.4 Å². The summed E-state index contributed by atoms with van der Waals surface area (Å²) >= 11 is 0. The summed E-state index contributed by atoms with van der Waals surface area (Å²) in [5, 5.41) is 0. The van der Waals surface area contributed by atoms with Crippen molar-refractivity contribution in [2.75, 3.05) is 0 Å². The molecule has 0 atom stereocenters. The predicted molar refractivity (Wildman–Crippen MR) is 68.2 cm³/mol. The first kappa shape index (κ1) is 30.0. The molecule has 0 aromatic carbocycles. The van der Waals surface area contributed by atoms with E-state index in [9.17, 15) is 0 Å². The first-order valence-corrected chi connectivity index (χ1v) is 5.27. The van der Waals surface area contributed by atoms with E-state index in [1.54, 1.807) is 5.92 Å². The summed E-state index contributed by atoms with van der Waals surface area (Å²) in [6, 6.07) is 0. The zero-order chi connectivity index (χ0) is 13.8. The van der Waals surface area contributed by atoms with E-state index in [-0.39, 0.29) is 19.5 Å². The van der Waals surface area contributed by atoms with Gasteiger partial charge in [-0.05, 0) is 0 Å². The molecule has 0 bridgehead atoms. The zero-order valence-corrected chi connectivity index (χ0v) is 12.8. The van der Waals surface area contributed by atoms with Gasteiger partial charge in [-0.2, -0.15) is 20.3 Å². The van der Waals surface area contributed by atoms with Gasteiger partial charge in [-0.1, -0.05) is 39.0 Å². The molecule has 0 saturated heterocycles. The van der Waals surface area contributed by atoms with Crippen LogP contribution < -0.4 is 0 Å². The van der Waals surface area contributed by atoms with Gasteiger partial charge in [0.05, 0.1) is 0 Å². The molecule has 17 heavy (non-hydrogen) atoms.